The van der Waals surface area contributed by atoms with E-state index in [0.717, 1.165) is 6.08 Å². The van der Waals surface area contributed by atoms with Crippen LogP contribution in [-0.2, 0) is 33.2 Å². The minimum absolute atomic E-state index is 0.00217. The third kappa shape index (κ3) is 6.27. The van der Waals surface area contributed by atoms with Crippen LogP contribution >= 0.6 is 0 Å². The van der Waals surface area contributed by atoms with Crippen LogP contribution in [0.4, 0.5) is 0 Å². The van der Waals surface area contributed by atoms with Gasteiger partial charge in [-0.25, -0.2) is 4.79 Å². The largest absolute Gasteiger partial charge is 0.504 e. The zero-order valence-electron chi connectivity index (χ0n) is 19.1. The number of rotatable bonds is 9. The highest BCUT2D eigenvalue weighted by molar-refractivity contribution is 5.87. The molecule has 2 aliphatic heterocycles. The number of hydrogen-bond acceptors (Lipinski definition) is 13. The van der Waals surface area contributed by atoms with Crippen LogP contribution in [0.2, 0.25) is 0 Å². The van der Waals surface area contributed by atoms with Gasteiger partial charge in [-0.05, 0) is 23.8 Å². The molecule has 13 nitrogen and oxygen atoms in total. The van der Waals surface area contributed by atoms with Crippen LogP contribution in [-0.4, -0.2) is 113 Å². The molecule has 2 fully saturated rings. The summed E-state index contributed by atoms with van der Waals surface area (Å²) in [6.45, 7) is -1.11. The number of aromatic hydroxyl groups is 2. The Hall–Kier alpha value is -2.33. The van der Waals surface area contributed by atoms with Crippen molar-refractivity contribution in [1.82, 2.24) is 0 Å². The van der Waals surface area contributed by atoms with Gasteiger partial charge in [0.2, 0.25) is 0 Å². The Morgan fingerprint density at radius 1 is 1.14 bits per heavy atom. The first-order valence-corrected chi connectivity index (χ1v) is 10.7. The molecule has 0 bridgehead atoms. The number of aliphatic hydroxyl groups excluding tert-OH is 3. The van der Waals surface area contributed by atoms with E-state index in [1.807, 2.05) is 0 Å². The SMILES string of the molecule is COC1CC(O)(COC2OC(CO)C(OC(=O)C=Cc3ccc(O)c(O)c3)C(O)C2O)C(OC)O1. The van der Waals surface area contributed by atoms with Gasteiger partial charge in [-0.1, -0.05) is 6.07 Å². The van der Waals surface area contributed by atoms with Gasteiger partial charge in [0.25, 0.3) is 0 Å². The van der Waals surface area contributed by atoms with E-state index in [2.05, 4.69) is 0 Å². The molecule has 196 valence electrons. The van der Waals surface area contributed by atoms with E-state index in [1.54, 1.807) is 0 Å². The number of carbonyl (C=O) groups excluding carboxylic acids is 1. The molecule has 0 radical (unpaired) electrons. The van der Waals surface area contributed by atoms with Crippen LogP contribution in [0.25, 0.3) is 6.08 Å². The Kier molecular flexibility index (Phi) is 9.04. The van der Waals surface area contributed by atoms with Gasteiger partial charge < -0.3 is 59.1 Å². The maximum absolute atomic E-state index is 12.2. The Balaban J connectivity index is 1.61. The van der Waals surface area contributed by atoms with Gasteiger partial charge in [0.1, 0.15) is 23.9 Å². The molecule has 35 heavy (non-hydrogen) atoms. The summed E-state index contributed by atoms with van der Waals surface area (Å²) < 4.78 is 31.7. The molecule has 1 aromatic rings. The van der Waals surface area contributed by atoms with Crippen molar-refractivity contribution in [2.24, 2.45) is 0 Å². The second-order valence-corrected chi connectivity index (χ2v) is 8.18. The van der Waals surface area contributed by atoms with Gasteiger partial charge in [0.05, 0.1) is 13.2 Å². The second-order valence-electron chi connectivity index (χ2n) is 8.18. The topological polar surface area (TPSA) is 194 Å². The lowest BCUT2D eigenvalue weighted by molar-refractivity contribution is -0.316. The monoisotopic (exact) mass is 502 g/mol. The van der Waals surface area contributed by atoms with E-state index < -0.39 is 68.1 Å². The highest BCUT2D eigenvalue weighted by Crippen LogP contribution is 2.33. The molecule has 3 rings (SSSR count). The third-order valence-electron chi connectivity index (χ3n) is 5.69. The van der Waals surface area contributed by atoms with Crippen LogP contribution in [0.15, 0.2) is 24.3 Å². The molecule has 13 heteroatoms. The van der Waals surface area contributed by atoms with Crippen LogP contribution in [0, 0.1) is 0 Å². The van der Waals surface area contributed by atoms with E-state index >= 15 is 0 Å². The van der Waals surface area contributed by atoms with Crippen molar-refractivity contribution in [2.45, 2.75) is 55.3 Å². The zero-order chi connectivity index (χ0) is 25.8. The Labute approximate surface area is 200 Å². The average molecular weight is 502 g/mol. The highest BCUT2D eigenvalue weighted by atomic mass is 16.8. The van der Waals surface area contributed by atoms with Crippen molar-refractivity contribution in [3.05, 3.63) is 29.8 Å². The van der Waals surface area contributed by atoms with Crippen molar-refractivity contribution in [3.63, 3.8) is 0 Å². The first kappa shape index (κ1) is 27.3. The van der Waals surface area contributed by atoms with E-state index in [4.69, 9.17) is 28.4 Å². The maximum Gasteiger partial charge on any atom is 0.331 e. The Bertz CT molecular complexity index is 890. The summed E-state index contributed by atoms with van der Waals surface area (Å²) >= 11 is 0. The summed E-state index contributed by atoms with van der Waals surface area (Å²) in [4.78, 5) is 12.2. The molecule has 1 aromatic carbocycles. The van der Waals surface area contributed by atoms with Gasteiger partial charge >= 0.3 is 5.97 Å². The number of carbonyl (C=O) groups is 1. The average Bonchev–Trinajstić information content (AvgIpc) is 3.18. The number of phenolic OH excluding ortho intramolecular Hbond substituents is 2. The molecule has 0 amide bonds. The van der Waals surface area contributed by atoms with Crippen LogP contribution in [0.3, 0.4) is 0 Å². The lowest BCUT2D eigenvalue weighted by Gasteiger charge is -2.42. The fourth-order valence-electron chi connectivity index (χ4n) is 3.78. The maximum atomic E-state index is 12.2. The molecule has 0 saturated carbocycles. The molecule has 8 atom stereocenters. The lowest BCUT2D eigenvalue weighted by atomic mass is 9.98. The number of methoxy groups -OCH3 is 2. The molecular weight excluding hydrogens is 472 g/mol. The van der Waals surface area contributed by atoms with Gasteiger partial charge in [0, 0.05) is 26.7 Å². The number of esters is 1. The first-order chi connectivity index (χ1) is 16.6. The molecule has 0 aliphatic carbocycles. The molecule has 2 saturated heterocycles. The number of hydrogen-bond donors (Lipinski definition) is 6. The zero-order valence-corrected chi connectivity index (χ0v) is 19.1. The summed E-state index contributed by atoms with van der Waals surface area (Å²) in [5.41, 5.74) is -1.27. The fraction of sp³-hybridized carbons (Fsp3) is 0.591. The van der Waals surface area contributed by atoms with Gasteiger partial charge in [0.15, 0.2) is 36.5 Å². The van der Waals surface area contributed by atoms with Crippen LogP contribution < -0.4 is 0 Å². The quantitative estimate of drug-likeness (QED) is 0.131. The van der Waals surface area contributed by atoms with Gasteiger partial charge in [-0.2, -0.15) is 0 Å². The van der Waals surface area contributed by atoms with Crippen molar-refractivity contribution < 1.29 is 63.9 Å². The molecule has 2 heterocycles. The molecular formula is C22H30O13. The highest BCUT2D eigenvalue weighted by Gasteiger charge is 2.51. The molecule has 6 N–H and O–H groups in total. The number of phenols is 2. The first-order valence-electron chi connectivity index (χ1n) is 10.7. The van der Waals surface area contributed by atoms with Gasteiger partial charge in [-0.3, -0.25) is 0 Å². The molecule has 0 spiro atoms. The number of aliphatic hydroxyl groups is 4. The normalized spacial score (nSPS) is 35.4. The molecule has 2 aliphatic rings. The minimum atomic E-state index is -1.70. The summed E-state index contributed by atoms with van der Waals surface area (Å²) in [5, 5.41) is 60.3. The second kappa shape index (κ2) is 11.6. The summed E-state index contributed by atoms with van der Waals surface area (Å²) in [5.74, 6) is -1.64. The summed E-state index contributed by atoms with van der Waals surface area (Å²) in [6, 6.07) is 3.88. The predicted molar refractivity (Wildman–Crippen MR) is 115 cm³/mol. The number of ether oxygens (including phenoxy) is 6. The van der Waals surface area contributed by atoms with Crippen molar-refractivity contribution in [1.29, 1.82) is 0 Å². The smallest absolute Gasteiger partial charge is 0.331 e. The van der Waals surface area contributed by atoms with E-state index in [9.17, 15) is 35.4 Å². The third-order valence-corrected chi connectivity index (χ3v) is 5.69. The minimum Gasteiger partial charge on any atom is -0.504 e. The lowest BCUT2D eigenvalue weighted by Crippen LogP contribution is -2.61. The fourth-order valence-corrected chi connectivity index (χ4v) is 3.78. The summed E-state index contributed by atoms with van der Waals surface area (Å²) in [7, 11) is 2.72. The summed E-state index contributed by atoms with van der Waals surface area (Å²) in [6.07, 6.45) is -7.11. The Morgan fingerprint density at radius 2 is 1.89 bits per heavy atom. The van der Waals surface area contributed by atoms with Crippen molar-refractivity contribution in [3.8, 4) is 11.5 Å². The van der Waals surface area contributed by atoms with Gasteiger partial charge in [-0.15, -0.1) is 0 Å². The Morgan fingerprint density at radius 3 is 2.51 bits per heavy atom. The van der Waals surface area contributed by atoms with E-state index in [1.165, 1.54) is 38.5 Å². The van der Waals surface area contributed by atoms with Crippen LogP contribution in [0.1, 0.15) is 12.0 Å². The van der Waals surface area contributed by atoms with Crippen molar-refractivity contribution >= 4 is 12.0 Å². The standard InChI is InChI=1S/C22H30O13/c1-30-16-8-22(29,21(31-2)35-16)10-32-20-18(28)17(27)19(14(9-23)33-20)34-15(26)6-4-11-3-5-12(24)13(25)7-11/h3-7,14,16-21,23-25,27-29H,8-10H2,1-2H3. The van der Waals surface area contributed by atoms with Crippen LogP contribution in [0.5, 0.6) is 11.5 Å². The number of benzene rings is 1. The molecule has 0 aromatic heterocycles. The van der Waals surface area contributed by atoms with E-state index in [-0.39, 0.29) is 17.9 Å². The van der Waals surface area contributed by atoms with Crippen molar-refractivity contribution in [2.75, 3.05) is 27.4 Å². The predicted octanol–water partition coefficient (Wildman–Crippen LogP) is -1.43. The van der Waals surface area contributed by atoms with E-state index in [0.29, 0.717) is 5.56 Å². The molecule has 8 unspecified atom stereocenters.